The number of benzene rings is 1. The number of halogens is 2. The Kier molecular flexibility index (Phi) is 10.1. The highest BCUT2D eigenvalue weighted by atomic mass is 35.5. The average Bonchev–Trinajstić information content (AvgIpc) is 3.38. The summed E-state index contributed by atoms with van der Waals surface area (Å²) in [6.07, 6.45) is 6.95. The van der Waals surface area contributed by atoms with Crippen molar-refractivity contribution in [1.29, 1.82) is 0 Å². The molecule has 0 aliphatic carbocycles. The number of hydrogen-bond donors (Lipinski definition) is 4. The van der Waals surface area contributed by atoms with Gasteiger partial charge < -0.3 is 30.4 Å². The monoisotopic (exact) mass is 550 g/mol. The molecule has 2 aromatic rings. The molecule has 4 N–H and O–H groups in total. The minimum atomic E-state index is -1.39. The molecule has 12 heteroatoms. The maximum absolute atomic E-state index is 12.8. The van der Waals surface area contributed by atoms with E-state index >= 15 is 0 Å². The molecule has 1 fully saturated rings. The van der Waals surface area contributed by atoms with Crippen LogP contribution in [-0.2, 0) is 20.9 Å². The van der Waals surface area contributed by atoms with E-state index in [-0.39, 0.29) is 46.6 Å². The molecule has 1 aliphatic rings. The van der Waals surface area contributed by atoms with Crippen molar-refractivity contribution in [1.82, 2.24) is 20.9 Å². The number of nitrogens with zero attached hydrogens (tertiary/aromatic N) is 1. The van der Waals surface area contributed by atoms with Crippen LogP contribution in [0.15, 0.2) is 41.0 Å². The number of piperidine rings is 1. The number of nitrogens with one attached hydrogen (secondary N) is 3. The van der Waals surface area contributed by atoms with Crippen molar-refractivity contribution in [3.8, 4) is 0 Å². The fourth-order valence-corrected chi connectivity index (χ4v) is 4.49. The molecule has 1 aliphatic heterocycles. The van der Waals surface area contributed by atoms with Crippen molar-refractivity contribution in [2.24, 2.45) is 0 Å². The number of likely N-dealkylation sites (N-methyl/N-ethyl adjacent to an activating group) is 1. The van der Waals surface area contributed by atoms with Gasteiger partial charge in [-0.15, -0.1) is 0 Å². The molecule has 37 heavy (non-hydrogen) atoms. The Bertz CT molecular complexity index is 1140. The summed E-state index contributed by atoms with van der Waals surface area (Å²) in [6.45, 7) is 0.571. The lowest BCUT2D eigenvalue weighted by Gasteiger charge is -2.23. The highest BCUT2D eigenvalue weighted by Crippen LogP contribution is 2.27. The number of amides is 3. The first-order valence-electron chi connectivity index (χ1n) is 11.6. The summed E-state index contributed by atoms with van der Waals surface area (Å²) in [7, 11) is 1.59. The molecule has 0 bridgehead atoms. The van der Waals surface area contributed by atoms with Crippen molar-refractivity contribution in [3.05, 3.63) is 63.5 Å². The number of rotatable bonds is 10. The van der Waals surface area contributed by atoms with Gasteiger partial charge in [0.15, 0.2) is 0 Å². The van der Waals surface area contributed by atoms with Crippen molar-refractivity contribution in [2.45, 2.75) is 37.9 Å². The van der Waals surface area contributed by atoms with Crippen LogP contribution in [0, 0.1) is 0 Å². The molecule has 10 nitrogen and oxygen atoms in total. The Morgan fingerprint density at radius 3 is 2.57 bits per heavy atom. The summed E-state index contributed by atoms with van der Waals surface area (Å²) < 4.78 is 5.16. The topological polar surface area (TPSA) is 141 Å². The molecular weight excluding hydrogens is 523 g/mol. The van der Waals surface area contributed by atoms with E-state index in [1.54, 1.807) is 25.3 Å². The number of furan rings is 1. The lowest BCUT2D eigenvalue weighted by molar-refractivity contribution is -0.139. The first-order chi connectivity index (χ1) is 17.7. The maximum Gasteiger partial charge on any atom is 0.328 e. The Hall–Kier alpha value is -3.34. The summed E-state index contributed by atoms with van der Waals surface area (Å²) in [6, 6.07) is 4.60. The number of carbonyl (C=O) groups is 4. The minimum Gasteiger partial charge on any atom is -0.480 e. The van der Waals surface area contributed by atoms with Crippen LogP contribution >= 0.6 is 23.2 Å². The normalized spacial score (nSPS) is 16.2. The highest BCUT2D eigenvalue weighted by Gasteiger charge is 2.27. The molecule has 1 aromatic carbocycles. The minimum absolute atomic E-state index is 0.00782. The van der Waals surface area contributed by atoms with E-state index in [2.05, 4.69) is 16.0 Å². The van der Waals surface area contributed by atoms with Gasteiger partial charge in [0.2, 0.25) is 11.8 Å². The molecule has 2 heterocycles. The van der Waals surface area contributed by atoms with Crippen LogP contribution < -0.4 is 16.0 Å². The summed E-state index contributed by atoms with van der Waals surface area (Å²) in [4.78, 5) is 50.6. The van der Waals surface area contributed by atoms with Gasteiger partial charge in [0.25, 0.3) is 5.91 Å². The zero-order valence-corrected chi connectivity index (χ0v) is 21.6. The lowest BCUT2D eigenvalue weighted by atomic mass is 10.0. The number of carboxylic acids is 1. The third kappa shape index (κ3) is 8.08. The van der Waals surface area contributed by atoms with Gasteiger partial charge in [-0.2, -0.15) is 0 Å². The molecule has 1 unspecified atom stereocenters. The first-order valence-corrected chi connectivity index (χ1v) is 12.4. The van der Waals surface area contributed by atoms with Crippen LogP contribution in [0.1, 0.15) is 40.9 Å². The molecule has 0 saturated carbocycles. The second-order valence-corrected chi connectivity index (χ2v) is 9.40. The molecular formula is C25H28Cl2N4O6. The molecule has 2 atom stereocenters. The van der Waals surface area contributed by atoms with Crippen molar-refractivity contribution >= 4 is 53.0 Å². The lowest BCUT2D eigenvalue weighted by Crippen LogP contribution is -2.53. The molecule has 0 spiro atoms. The molecule has 198 valence electrons. The van der Waals surface area contributed by atoms with Gasteiger partial charge in [-0.1, -0.05) is 29.6 Å². The SMILES string of the molecule is CN(Cc1cc(Cl)c(C(=O)N[C@@H](CNC(=O)C2CCCCN2)C(=O)O)c(Cl)c1)C(=O)/C=C/c1ccco1. The van der Waals surface area contributed by atoms with E-state index in [0.29, 0.717) is 17.7 Å². The third-order valence-corrected chi connectivity index (χ3v) is 6.37. The zero-order valence-electron chi connectivity index (χ0n) is 20.1. The second kappa shape index (κ2) is 13.3. The Morgan fingerprint density at radius 2 is 1.97 bits per heavy atom. The van der Waals surface area contributed by atoms with Crippen LogP contribution in [-0.4, -0.2) is 65.9 Å². The predicted octanol–water partition coefficient (Wildman–Crippen LogP) is 2.70. The smallest absolute Gasteiger partial charge is 0.328 e. The molecule has 3 rings (SSSR count). The number of carbonyl (C=O) groups excluding carboxylic acids is 3. The molecule has 1 saturated heterocycles. The summed E-state index contributed by atoms with van der Waals surface area (Å²) in [5.74, 6) is -2.20. The van der Waals surface area contributed by atoms with Crippen LogP contribution in [0.4, 0.5) is 0 Å². The van der Waals surface area contributed by atoms with E-state index in [4.69, 9.17) is 27.6 Å². The van der Waals surface area contributed by atoms with Gasteiger partial charge in [-0.25, -0.2) is 4.79 Å². The molecule has 3 amide bonds. The number of aliphatic carboxylic acids is 1. The fraction of sp³-hybridized carbons (Fsp3) is 0.360. The summed E-state index contributed by atoms with van der Waals surface area (Å²) >= 11 is 12.6. The van der Waals surface area contributed by atoms with Crippen LogP contribution in [0.25, 0.3) is 6.08 Å². The van der Waals surface area contributed by atoms with Gasteiger partial charge >= 0.3 is 5.97 Å². The van der Waals surface area contributed by atoms with Gasteiger partial charge in [-0.3, -0.25) is 14.4 Å². The summed E-state index contributed by atoms with van der Waals surface area (Å²) in [5.41, 5.74) is 0.459. The quantitative estimate of drug-likeness (QED) is 0.333. The Balaban J connectivity index is 1.61. The van der Waals surface area contributed by atoms with E-state index in [1.807, 2.05) is 0 Å². The first kappa shape index (κ1) is 28.2. The van der Waals surface area contributed by atoms with E-state index < -0.39 is 17.9 Å². The largest absolute Gasteiger partial charge is 0.480 e. The third-order valence-electron chi connectivity index (χ3n) is 5.77. The number of carboxylic acid groups (broad SMARTS) is 1. The van der Waals surface area contributed by atoms with Crippen LogP contribution in [0.3, 0.4) is 0 Å². The zero-order chi connectivity index (χ0) is 26.9. The van der Waals surface area contributed by atoms with Gasteiger partial charge in [0.05, 0.1) is 27.9 Å². The van der Waals surface area contributed by atoms with E-state index in [0.717, 1.165) is 19.4 Å². The number of hydrogen-bond acceptors (Lipinski definition) is 6. The van der Waals surface area contributed by atoms with Crippen LogP contribution in [0.5, 0.6) is 0 Å². The van der Waals surface area contributed by atoms with E-state index in [9.17, 15) is 24.3 Å². The average molecular weight is 551 g/mol. The standard InChI is InChI=1S/C25H28Cl2N4O6/c1-31(21(32)8-7-16-5-4-10-37-16)14-15-11-17(26)22(18(27)12-15)24(34)30-20(25(35)36)13-29-23(33)19-6-2-3-9-28-19/h4-5,7-8,10-12,19-20,28H,2-3,6,9,13-14H2,1H3,(H,29,33)(H,30,34)(H,35,36)/b8-7+/t19?,20-/m0/s1. The highest BCUT2D eigenvalue weighted by molar-refractivity contribution is 6.39. The predicted molar refractivity (Wildman–Crippen MR) is 138 cm³/mol. The van der Waals surface area contributed by atoms with Gasteiger partial charge in [0.1, 0.15) is 11.8 Å². The summed E-state index contributed by atoms with van der Waals surface area (Å²) in [5, 5.41) is 17.5. The fourth-order valence-electron chi connectivity index (χ4n) is 3.78. The Morgan fingerprint density at radius 1 is 1.24 bits per heavy atom. The van der Waals surface area contributed by atoms with Crippen molar-refractivity contribution < 1.29 is 28.7 Å². The van der Waals surface area contributed by atoms with Gasteiger partial charge in [0, 0.05) is 26.2 Å². The van der Waals surface area contributed by atoms with Crippen LogP contribution in [0.2, 0.25) is 10.0 Å². The van der Waals surface area contributed by atoms with Crippen molar-refractivity contribution in [3.63, 3.8) is 0 Å². The van der Waals surface area contributed by atoms with E-state index in [1.165, 1.54) is 29.4 Å². The maximum atomic E-state index is 12.8. The van der Waals surface area contributed by atoms with Gasteiger partial charge in [-0.05, 0) is 55.3 Å². The second-order valence-electron chi connectivity index (χ2n) is 8.59. The van der Waals surface area contributed by atoms with Crippen molar-refractivity contribution in [2.75, 3.05) is 20.1 Å². The molecule has 1 aromatic heterocycles. The molecule has 0 radical (unpaired) electrons. The Labute approximate surface area is 224 Å².